The molecule has 1 unspecified atom stereocenters. The Bertz CT molecular complexity index is 886. The molecule has 1 aliphatic rings. The number of pyridine rings is 1. The first-order valence-electron chi connectivity index (χ1n) is 7.92. The van der Waals surface area contributed by atoms with Gasteiger partial charge in [-0.25, -0.2) is 4.98 Å². The second-order valence-electron chi connectivity index (χ2n) is 5.86. The summed E-state index contributed by atoms with van der Waals surface area (Å²) >= 11 is 14.6. The molecule has 3 nitrogen and oxygen atoms in total. The number of furan rings is 1. The van der Waals surface area contributed by atoms with E-state index in [-0.39, 0.29) is 0 Å². The van der Waals surface area contributed by atoms with Crippen LogP contribution < -0.4 is 5.32 Å². The maximum atomic E-state index is 6.65. The summed E-state index contributed by atoms with van der Waals surface area (Å²) in [5.41, 5.74) is 1.74. The average molecular weight is 379 g/mol. The average Bonchev–Trinajstić information content (AvgIpc) is 3.22. The van der Waals surface area contributed by atoms with Crippen LogP contribution in [0.2, 0.25) is 10.2 Å². The Morgan fingerprint density at radius 2 is 2.25 bits per heavy atom. The first-order chi connectivity index (χ1) is 11.7. The van der Waals surface area contributed by atoms with Crippen LogP contribution in [0.5, 0.6) is 0 Å². The minimum Gasteiger partial charge on any atom is -0.467 e. The quantitative estimate of drug-likeness (QED) is 0.408. The van der Waals surface area contributed by atoms with E-state index in [4.69, 9.17) is 27.6 Å². The number of hydrogen-bond donors (Lipinski definition) is 1. The molecule has 3 aromatic rings. The predicted molar refractivity (Wildman–Crippen MR) is 101 cm³/mol. The van der Waals surface area contributed by atoms with Crippen molar-refractivity contribution in [1.82, 2.24) is 4.98 Å². The number of aromatic nitrogens is 1. The highest BCUT2D eigenvalue weighted by molar-refractivity contribution is 7.20. The molecule has 0 aromatic carbocycles. The third kappa shape index (κ3) is 3.06. The zero-order chi connectivity index (χ0) is 16.5. The molecule has 4 rings (SSSR count). The second kappa shape index (κ2) is 6.79. The number of nitrogens with one attached hydrogen (secondary N) is 1. The molecule has 0 fully saturated rings. The summed E-state index contributed by atoms with van der Waals surface area (Å²) in [6, 6.07) is 5.67. The molecule has 0 amide bonds. The summed E-state index contributed by atoms with van der Waals surface area (Å²) in [6.07, 6.45) is 9.42. The minimum atomic E-state index is 0.444. The van der Waals surface area contributed by atoms with E-state index in [1.54, 1.807) is 17.6 Å². The molecule has 1 aliphatic carbocycles. The number of halogens is 2. The lowest BCUT2D eigenvalue weighted by Gasteiger charge is -2.16. The Labute approximate surface area is 154 Å². The fourth-order valence-electron chi connectivity index (χ4n) is 3.05. The Morgan fingerprint density at radius 3 is 3.00 bits per heavy atom. The molecule has 1 N–H and O–H groups in total. The summed E-state index contributed by atoms with van der Waals surface area (Å²) in [4.78, 5) is 5.67. The number of fused-ring (bicyclic) bond motifs is 1. The van der Waals surface area contributed by atoms with Gasteiger partial charge in [-0.2, -0.15) is 0 Å². The molecule has 0 saturated heterocycles. The molecular weight excluding hydrogens is 363 g/mol. The maximum Gasteiger partial charge on any atom is 0.131 e. The van der Waals surface area contributed by atoms with E-state index in [2.05, 4.69) is 22.5 Å². The van der Waals surface area contributed by atoms with Crippen molar-refractivity contribution in [1.29, 1.82) is 0 Å². The lowest BCUT2D eigenvalue weighted by atomic mass is 9.93. The molecule has 3 aromatic heterocycles. The molecule has 6 heteroatoms. The highest BCUT2D eigenvalue weighted by Crippen LogP contribution is 2.45. The number of anilines is 1. The Morgan fingerprint density at radius 1 is 1.33 bits per heavy atom. The SMILES string of the molecule is Clc1cc(NCc2ccco2)c2sc(C3CC=CCC3)c(Cl)c2n1. The van der Waals surface area contributed by atoms with Crippen molar-refractivity contribution in [2.24, 2.45) is 0 Å². The first-order valence-corrected chi connectivity index (χ1v) is 9.49. The van der Waals surface area contributed by atoms with Crippen LogP contribution in [-0.2, 0) is 6.54 Å². The largest absolute Gasteiger partial charge is 0.467 e. The summed E-state index contributed by atoms with van der Waals surface area (Å²) < 4.78 is 6.44. The molecule has 0 bridgehead atoms. The smallest absolute Gasteiger partial charge is 0.131 e. The lowest BCUT2D eigenvalue weighted by molar-refractivity contribution is 0.518. The minimum absolute atomic E-state index is 0.444. The second-order valence-corrected chi connectivity index (χ2v) is 7.68. The van der Waals surface area contributed by atoms with E-state index in [9.17, 15) is 0 Å². The van der Waals surface area contributed by atoms with Crippen LogP contribution in [0.3, 0.4) is 0 Å². The summed E-state index contributed by atoms with van der Waals surface area (Å²) in [6.45, 7) is 0.597. The van der Waals surface area contributed by atoms with E-state index in [1.165, 1.54) is 4.88 Å². The van der Waals surface area contributed by atoms with Crippen molar-refractivity contribution in [3.8, 4) is 0 Å². The topological polar surface area (TPSA) is 38.1 Å². The van der Waals surface area contributed by atoms with E-state index in [0.29, 0.717) is 17.6 Å². The monoisotopic (exact) mass is 378 g/mol. The number of rotatable bonds is 4. The standard InChI is InChI=1S/C18H16Cl2N2OS/c19-14-9-13(21-10-12-7-4-8-23-12)18-16(22-14)15(20)17(24-18)11-5-2-1-3-6-11/h1-2,4,7-9,11H,3,5-6,10H2,(H,21,22). The van der Waals surface area contributed by atoms with Crippen LogP contribution in [0.1, 0.15) is 35.8 Å². The highest BCUT2D eigenvalue weighted by atomic mass is 35.5. The summed E-state index contributed by atoms with van der Waals surface area (Å²) in [5, 5.41) is 4.59. The number of hydrogen-bond acceptors (Lipinski definition) is 4. The van der Waals surface area contributed by atoms with Gasteiger partial charge in [0.05, 0.1) is 28.2 Å². The maximum absolute atomic E-state index is 6.65. The molecule has 0 spiro atoms. The van der Waals surface area contributed by atoms with Gasteiger partial charge in [-0.15, -0.1) is 11.3 Å². The van der Waals surface area contributed by atoms with Crippen molar-refractivity contribution < 1.29 is 4.42 Å². The Balaban J connectivity index is 1.72. The van der Waals surface area contributed by atoms with Gasteiger partial charge in [0.25, 0.3) is 0 Å². The van der Waals surface area contributed by atoms with Crippen molar-refractivity contribution >= 4 is 50.4 Å². The zero-order valence-electron chi connectivity index (χ0n) is 12.9. The highest BCUT2D eigenvalue weighted by Gasteiger charge is 2.22. The Hall–Kier alpha value is -1.49. The van der Waals surface area contributed by atoms with Crippen LogP contribution in [0.15, 0.2) is 41.0 Å². The zero-order valence-corrected chi connectivity index (χ0v) is 15.2. The first kappa shape index (κ1) is 16.0. The van der Waals surface area contributed by atoms with Gasteiger partial charge in [0.2, 0.25) is 0 Å². The predicted octanol–water partition coefficient (Wildman–Crippen LogP) is 6.63. The fourth-order valence-corrected chi connectivity index (χ4v) is 4.98. The fraction of sp³-hybridized carbons (Fsp3) is 0.278. The Kier molecular flexibility index (Phi) is 4.53. The third-order valence-electron chi connectivity index (χ3n) is 4.25. The van der Waals surface area contributed by atoms with E-state index in [1.807, 2.05) is 18.2 Å². The number of allylic oxidation sites excluding steroid dienone is 2. The van der Waals surface area contributed by atoms with Gasteiger partial charge in [-0.3, -0.25) is 0 Å². The normalized spacial score (nSPS) is 17.5. The molecule has 124 valence electrons. The van der Waals surface area contributed by atoms with Crippen molar-refractivity contribution in [3.05, 3.63) is 57.4 Å². The molecule has 3 heterocycles. The van der Waals surface area contributed by atoms with Gasteiger partial charge >= 0.3 is 0 Å². The molecule has 1 atom stereocenters. The van der Waals surface area contributed by atoms with Gasteiger partial charge in [0.1, 0.15) is 16.4 Å². The van der Waals surface area contributed by atoms with Crippen molar-refractivity contribution in [2.45, 2.75) is 31.7 Å². The number of nitrogens with zero attached hydrogens (tertiary/aromatic N) is 1. The van der Waals surface area contributed by atoms with E-state index < -0.39 is 0 Å². The van der Waals surface area contributed by atoms with Gasteiger partial charge < -0.3 is 9.73 Å². The van der Waals surface area contributed by atoms with Crippen LogP contribution in [0.4, 0.5) is 5.69 Å². The molecule has 0 radical (unpaired) electrons. The van der Waals surface area contributed by atoms with E-state index in [0.717, 1.165) is 45.9 Å². The molecule has 0 saturated carbocycles. The summed E-state index contributed by atoms with van der Waals surface area (Å²) in [5.74, 6) is 1.34. The summed E-state index contributed by atoms with van der Waals surface area (Å²) in [7, 11) is 0. The van der Waals surface area contributed by atoms with Crippen molar-refractivity contribution in [3.63, 3.8) is 0 Å². The van der Waals surface area contributed by atoms with Gasteiger partial charge in [0.15, 0.2) is 0 Å². The number of thiophene rings is 1. The third-order valence-corrected chi connectivity index (χ3v) is 6.31. The van der Waals surface area contributed by atoms with Crippen LogP contribution in [-0.4, -0.2) is 4.98 Å². The molecular formula is C18H16Cl2N2OS. The van der Waals surface area contributed by atoms with Crippen LogP contribution in [0.25, 0.3) is 10.2 Å². The van der Waals surface area contributed by atoms with Crippen LogP contribution >= 0.6 is 34.5 Å². The molecule has 24 heavy (non-hydrogen) atoms. The molecule has 0 aliphatic heterocycles. The van der Waals surface area contributed by atoms with Gasteiger partial charge in [-0.1, -0.05) is 35.4 Å². The van der Waals surface area contributed by atoms with E-state index >= 15 is 0 Å². The van der Waals surface area contributed by atoms with Gasteiger partial charge in [0, 0.05) is 10.9 Å². The van der Waals surface area contributed by atoms with Gasteiger partial charge in [-0.05, 0) is 37.3 Å². The lowest BCUT2D eigenvalue weighted by Crippen LogP contribution is -1.98. The van der Waals surface area contributed by atoms with Crippen LogP contribution in [0, 0.1) is 0 Å². The van der Waals surface area contributed by atoms with Crippen molar-refractivity contribution in [2.75, 3.05) is 5.32 Å².